The lowest BCUT2D eigenvalue weighted by atomic mass is 9.85. The van der Waals surface area contributed by atoms with Crippen LogP contribution in [0.3, 0.4) is 0 Å². The van der Waals surface area contributed by atoms with Crippen LogP contribution in [0.25, 0.3) is 0 Å². The Morgan fingerprint density at radius 2 is 1.72 bits per heavy atom. The molecule has 0 saturated heterocycles. The molecule has 0 aliphatic heterocycles. The molecule has 108 valence electrons. The summed E-state index contributed by atoms with van der Waals surface area (Å²) < 4.78 is 37.9. The van der Waals surface area contributed by atoms with E-state index in [1.807, 2.05) is 0 Å². The molecule has 0 radical (unpaired) electrons. The van der Waals surface area contributed by atoms with Crippen molar-refractivity contribution in [3.8, 4) is 0 Å². The Kier molecular flexibility index (Phi) is 5.46. The zero-order valence-corrected chi connectivity index (χ0v) is 11.5. The minimum Gasteiger partial charge on any atom is -0.313 e. The van der Waals surface area contributed by atoms with Gasteiger partial charge in [0, 0.05) is 24.7 Å². The van der Waals surface area contributed by atoms with Gasteiger partial charge in [0.05, 0.1) is 5.92 Å². The van der Waals surface area contributed by atoms with Gasteiger partial charge in [0.2, 0.25) is 0 Å². The highest BCUT2D eigenvalue weighted by atomic mass is 19.4. The summed E-state index contributed by atoms with van der Waals surface area (Å²) in [4.78, 5) is 0. The molecule has 1 rings (SSSR count). The molecule has 2 nitrogen and oxygen atoms in total. The lowest BCUT2D eigenvalue weighted by Gasteiger charge is -2.31. The number of halogens is 3. The molecule has 0 aromatic carbocycles. The molecular weight excluding hydrogens is 241 g/mol. The highest BCUT2D eigenvalue weighted by molar-refractivity contribution is 4.82. The Morgan fingerprint density at radius 3 is 2.28 bits per heavy atom. The number of hydrogen-bond donors (Lipinski definition) is 2. The summed E-state index contributed by atoms with van der Waals surface area (Å²) in [5, 5.41) is 6.55. The zero-order chi connectivity index (χ0) is 13.8. The Balaban J connectivity index is 2.23. The summed E-state index contributed by atoms with van der Waals surface area (Å²) in [7, 11) is 0. The second-order valence-electron chi connectivity index (χ2n) is 6.23. The van der Waals surface area contributed by atoms with Crippen molar-refractivity contribution in [1.82, 2.24) is 10.6 Å². The molecule has 18 heavy (non-hydrogen) atoms. The van der Waals surface area contributed by atoms with E-state index >= 15 is 0 Å². The first-order valence-electron chi connectivity index (χ1n) is 6.73. The second kappa shape index (κ2) is 6.24. The van der Waals surface area contributed by atoms with Crippen LogP contribution in [0.15, 0.2) is 0 Å². The molecule has 5 heteroatoms. The van der Waals surface area contributed by atoms with Crippen molar-refractivity contribution in [1.29, 1.82) is 0 Å². The van der Waals surface area contributed by atoms with Crippen molar-refractivity contribution in [2.45, 2.75) is 64.2 Å². The maximum atomic E-state index is 12.6. The fourth-order valence-electron chi connectivity index (χ4n) is 2.39. The minimum absolute atomic E-state index is 0.0205. The van der Waals surface area contributed by atoms with Crippen molar-refractivity contribution in [2.75, 3.05) is 13.1 Å². The topological polar surface area (TPSA) is 24.1 Å². The van der Waals surface area contributed by atoms with E-state index in [2.05, 4.69) is 31.4 Å². The predicted octanol–water partition coefficient (Wildman–Crippen LogP) is 3.09. The number of rotatable bonds is 4. The van der Waals surface area contributed by atoms with Gasteiger partial charge in [-0.3, -0.25) is 0 Å². The summed E-state index contributed by atoms with van der Waals surface area (Å²) in [6, 6.07) is 0.0205. The third-order valence-corrected chi connectivity index (χ3v) is 3.35. The van der Waals surface area contributed by atoms with Gasteiger partial charge in [-0.05, 0) is 40.0 Å². The molecule has 0 aromatic heterocycles. The van der Waals surface area contributed by atoms with Crippen LogP contribution in [0.5, 0.6) is 0 Å². The molecule has 0 spiro atoms. The fraction of sp³-hybridized carbons (Fsp3) is 1.00. The van der Waals surface area contributed by atoms with Gasteiger partial charge in [0.1, 0.15) is 0 Å². The zero-order valence-electron chi connectivity index (χ0n) is 11.5. The Morgan fingerprint density at radius 1 is 1.06 bits per heavy atom. The summed E-state index contributed by atoms with van der Waals surface area (Å²) in [5.74, 6) is -1.11. The third-order valence-electron chi connectivity index (χ3n) is 3.35. The maximum Gasteiger partial charge on any atom is 0.391 e. The summed E-state index contributed by atoms with van der Waals surface area (Å²) in [5.41, 5.74) is 0.0583. The Bertz CT molecular complexity index is 246. The Labute approximate surface area is 108 Å². The average Bonchev–Trinajstić information content (AvgIpc) is 2.22. The molecule has 0 bridgehead atoms. The standard InChI is InChI=1S/C13H25F3N2/c1-12(2,3)18-8-7-17-11-6-4-5-10(9-11)13(14,15)16/h10-11,17-18H,4-9H2,1-3H3. The van der Waals surface area contributed by atoms with E-state index in [9.17, 15) is 13.2 Å². The molecular formula is C13H25F3N2. The smallest absolute Gasteiger partial charge is 0.313 e. The van der Waals surface area contributed by atoms with E-state index in [1.165, 1.54) is 0 Å². The summed E-state index contributed by atoms with van der Waals surface area (Å²) >= 11 is 0. The second-order valence-corrected chi connectivity index (χ2v) is 6.23. The summed E-state index contributed by atoms with van der Waals surface area (Å²) in [6.07, 6.45) is -1.96. The van der Waals surface area contributed by atoms with Crippen molar-refractivity contribution in [3.63, 3.8) is 0 Å². The number of nitrogens with one attached hydrogen (secondary N) is 2. The van der Waals surface area contributed by atoms with E-state index in [4.69, 9.17) is 0 Å². The van der Waals surface area contributed by atoms with E-state index in [0.29, 0.717) is 12.8 Å². The van der Waals surface area contributed by atoms with Gasteiger partial charge in [0.15, 0.2) is 0 Å². The third kappa shape index (κ3) is 6.05. The van der Waals surface area contributed by atoms with E-state index in [-0.39, 0.29) is 18.0 Å². The molecule has 1 aliphatic rings. The molecule has 0 amide bonds. The molecule has 2 atom stereocenters. The van der Waals surface area contributed by atoms with Crippen molar-refractivity contribution < 1.29 is 13.2 Å². The normalized spacial score (nSPS) is 26.3. The molecule has 2 unspecified atom stereocenters. The maximum absolute atomic E-state index is 12.6. The van der Waals surface area contributed by atoms with Gasteiger partial charge in [-0.2, -0.15) is 13.2 Å². The van der Waals surface area contributed by atoms with Crippen LogP contribution in [-0.4, -0.2) is 30.8 Å². The highest BCUT2D eigenvalue weighted by Gasteiger charge is 2.41. The van der Waals surface area contributed by atoms with Crippen LogP contribution in [0.4, 0.5) is 13.2 Å². The first-order chi connectivity index (χ1) is 8.18. The average molecular weight is 266 g/mol. The quantitative estimate of drug-likeness (QED) is 0.764. The first kappa shape index (κ1) is 15.8. The molecule has 1 fully saturated rings. The molecule has 1 aliphatic carbocycles. The van der Waals surface area contributed by atoms with Crippen LogP contribution >= 0.6 is 0 Å². The molecule has 0 aromatic rings. The van der Waals surface area contributed by atoms with Crippen LogP contribution in [0.1, 0.15) is 46.5 Å². The van der Waals surface area contributed by atoms with Crippen LogP contribution in [0.2, 0.25) is 0 Å². The number of hydrogen-bond acceptors (Lipinski definition) is 2. The van der Waals surface area contributed by atoms with Gasteiger partial charge in [-0.25, -0.2) is 0 Å². The van der Waals surface area contributed by atoms with Crippen LogP contribution < -0.4 is 10.6 Å². The Hall–Kier alpha value is -0.290. The molecule has 0 heterocycles. The van der Waals surface area contributed by atoms with Gasteiger partial charge >= 0.3 is 6.18 Å². The van der Waals surface area contributed by atoms with E-state index < -0.39 is 12.1 Å². The van der Waals surface area contributed by atoms with Crippen LogP contribution in [0, 0.1) is 5.92 Å². The van der Waals surface area contributed by atoms with E-state index in [1.54, 1.807) is 0 Å². The van der Waals surface area contributed by atoms with Gasteiger partial charge in [-0.15, -0.1) is 0 Å². The van der Waals surface area contributed by atoms with Gasteiger partial charge < -0.3 is 10.6 Å². The monoisotopic (exact) mass is 266 g/mol. The fourth-order valence-corrected chi connectivity index (χ4v) is 2.39. The van der Waals surface area contributed by atoms with Crippen molar-refractivity contribution in [3.05, 3.63) is 0 Å². The lowest BCUT2D eigenvalue weighted by Crippen LogP contribution is -2.44. The van der Waals surface area contributed by atoms with Gasteiger partial charge in [0.25, 0.3) is 0 Å². The van der Waals surface area contributed by atoms with Gasteiger partial charge in [-0.1, -0.05) is 6.42 Å². The summed E-state index contributed by atoms with van der Waals surface area (Å²) in [6.45, 7) is 7.75. The van der Waals surface area contributed by atoms with Crippen molar-refractivity contribution in [2.24, 2.45) is 5.92 Å². The highest BCUT2D eigenvalue weighted by Crippen LogP contribution is 2.37. The van der Waals surface area contributed by atoms with Crippen molar-refractivity contribution >= 4 is 0 Å². The number of alkyl halides is 3. The predicted molar refractivity (Wildman–Crippen MR) is 67.6 cm³/mol. The van der Waals surface area contributed by atoms with E-state index in [0.717, 1.165) is 19.5 Å². The lowest BCUT2D eigenvalue weighted by molar-refractivity contribution is -0.183. The minimum atomic E-state index is -4.02. The first-order valence-corrected chi connectivity index (χ1v) is 6.73. The largest absolute Gasteiger partial charge is 0.391 e. The van der Waals surface area contributed by atoms with Crippen LogP contribution in [-0.2, 0) is 0 Å². The SMILES string of the molecule is CC(C)(C)NCCNC1CCCC(C(F)(F)F)C1. The molecule has 1 saturated carbocycles. The molecule has 2 N–H and O–H groups in total.